The van der Waals surface area contributed by atoms with Gasteiger partial charge in [-0.05, 0) is 24.8 Å². The van der Waals surface area contributed by atoms with Gasteiger partial charge in [-0.3, -0.25) is 10.4 Å². The molecule has 7 heteroatoms. The van der Waals surface area contributed by atoms with E-state index in [9.17, 15) is 4.79 Å². The van der Waals surface area contributed by atoms with Crippen molar-refractivity contribution in [3.05, 3.63) is 23.8 Å². The van der Waals surface area contributed by atoms with Gasteiger partial charge in [-0.15, -0.1) is 0 Å². The average Bonchev–Trinajstić information content (AvgIpc) is 3.21. The van der Waals surface area contributed by atoms with Crippen molar-refractivity contribution >= 4 is 34.4 Å². The van der Waals surface area contributed by atoms with Crippen molar-refractivity contribution in [3.8, 4) is 0 Å². The number of rotatable bonds is 3. The number of fused-ring (bicyclic) bond motifs is 1. The summed E-state index contributed by atoms with van der Waals surface area (Å²) < 4.78 is 0. The first-order valence-electron chi connectivity index (χ1n) is 8.07. The Bertz CT molecular complexity index is 670. The van der Waals surface area contributed by atoms with Crippen LogP contribution in [0.5, 0.6) is 0 Å². The van der Waals surface area contributed by atoms with Crippen molar-refractivity contribution in [1.29, 1.82) is 0 Å². The Morgan fingerprint density at radius 2 is 2.22 bits per heavy atom. The van der Waals surface area contributed by atoms with Crippen LogP contribution in [0.15, 0.2) is 38.9 Å². The highest BCUT2D eigenvalue weighted by Crippen LogP contribution is 2.25. The van der Waals surface area contributed by atoms with Gasteiger partial charge in [-0.2, -0.15) is 10.1 Å². The van der Waals surface area contributed by atoms with Gasteiger partial charge < -0.3 is 5.32 Å². The number of hydrazone groups is 1. The molecule has 1 atom stereocenters. The number of nitrogens with one attached hydrogen (secondary N) is 2. The largest absolute Gasteiger partial charge is 0.342 e. The van der Waals surface area contributed by atoms with Gasteiger partial charge in [0.15, 0.2) is 5.17 Å². The van der Waals surface area contributed by atoms with E-state index in [1.165, 1.54) is 25.7 Å². The fourth-order valence-corrected chi connectivity index (χ4v) is 4.01. The third kappa shape index (κ3) is 3.24. The maximum Gasteiger partial charge on any atom is 0.342 e. The Labute approximate surface area is 139 Å². The smallest absolute Gasteiger partial charge is 0.324 e. The van der Waals surface area contributed by atoms with Gasteiger partial charge in [0, 0.05) is 17.9 Å². The highest BCUT2D eigenvalue weighted by molar-refractivity contribution is 8.14. The van der Waals surface area contributed by atoms with Crippen LogP contribution in [0.25, 0.3) is 0 Å². The minimum absolute atomic E-state index is 0.0837. The van der Waals surface area contributed by atoms with Gasteiger partial charge >= 0.3 is 6.03 Å². The molecule has 2 heterocycles. The van der Waals surface area contributed by atoms with Crippen LogP contribution < -0.4 is 10.7 Å². The Hall–Kier alpha value is -1.89. The van der Waals surface area contributed by atoms with Crippen LogP contribution in [0.3, 0.4) is 0 Å². The van der Waals surface area contributed by atoms with E-state index in [0.717, 1.165) is 40.4 Å². The molecule has 0 aromatic rings. The Morgan fingerprint density at radius 1 is 1.35 bits per heavy atom. The lowest BCUT2D eigenvalue weighted by Gasteiger charge is -2.18. The highest BCUT2D eigenvalue weighted by atomic mass is 32.2. The number of carbonyl (C=O) groups is 1. The summed E-state index contributed by atoms with van der Waals surface area (Å²) in [6, 6.07) is -0.355. The van der Waals surface area contributed by atoms with E-state index in [1.807, 2.05) is 18.2 Å². The number of allylic oxidation sites excluding steroid dienone is 2. The number of urea groups is 1. The average molecular weight is 329 g/mol. The third-order valence-corrected chi connectivity index (χ3v) is 5.44. The fourth-order valence-electron chi connectivity index (χ4n) is 3.23. The van der Waals surface area contributed by atoms with Gasteiger partial charge in [0.2, 0.25) is 0 Å². The predicted molar refractivity (Wildman–Crippen MR) is 94.3 cm³/mol. The first-order valence-corrected chi connectivity index (χ1v) is 9.06. The molecule has 6 nitrogen and oxygen atoms in total. The zero-order chi connectivity index (χ0) is 15.6. The van der Waals surface area contributed by atoms with Crippen LogP contribution in [0.1, 0.15) is 25.7 Å². The molecule has 0 radical (unpaired) electrons. The molecule has 1 saturated carbocycles. The maximum atomic E-state index is 11.3. The normalized spacial score (nSPS) is 28.9. The standard InChI is InChI=1S/C16H19N5OS/c22-15-18-12-6-5-11(7-13(12)19-15)14-9-23-16(21-20-14)17-8-10-3-1-2-4-10/h5-7,10,12H,1-4,8-9H2,(H,17,21)(H,18,22). The molecule has 23 heavy (non-hydrogen) atoms. The van der Waals surface area contributed by atoms with Crippen LogP contribution in [-0.4, -0.2) is 41.0 Å². The summed E-state index contributed by atoms with van der Waals surface area (Å²) in [7, 11) is 0. The molecular formula is C16H19N5OS. The number of nitrogens with zero attached hydrogens (tertiary/aromatic N) is 3. The van der Waals surface area contributed by atoms with Crippen molar-refractivity contribution in [1.82, 2.24) is 10.7 Å². The summed E-state index contributed by atoms with van der Waals surface area (Å²) in [5, 5.41) is 8.14. The predicted octanol–water partition coefficient (Wildman–Crippen LogP) is 2.25. The molecule has 4 rings (SSSR count). The minimum atomic E-state index is -0.272. The van der Waals surface area contributed by atoms with E-state index in [4.69, 9.17) is 0 Å². The monoisotopic (exact) mass is 329 g/mol. The van der Waals surface area contributed by atoms with Crippen LogP contribution in [0, 0.1) is 5.92 Å². The molecular weight excluding hydrogens is 310 g/mol. The molecule has 2 amide bonds. The molecule has 0 bridgehead atoms. The van der Waals surface area contributed by atoms with Crippen molar-refractivity contribution in [2.24, 2.45) is 21.0 Å². The van der Waals surface area contributed by atoms with Crippen LogP contribution in [0.2, 0.25) is 0 Å². The molecule has 0 aromatic carbocycles. The number of thioether (sulfide) groups is 1. The highest BCUT2D eigenvalue weighted by Gasteiger charge is 2.26. The van der Waals surface area contributed by atoms with E-state index in [0.29, 0.717) is 0 Å². The second kappa shape index (κ2) is 6.31. The second-order valence-electron chi connectivity index (χ2n) is 6.18. The van der Waals surface area contributed by atoms with Crippen LogP contribution in [-0.2, 0) is 0 Å². The van der Waals surface area contributed by atoms with Gasteiger partial charge in [0.1, 0.15) is 0 Å². The van der Waals surface area contributed by atoms with Gasteiger partial charge in [0.05, 0.1) is 17.5 Å². The van der Waals surface area contributed by atoms with Gasteiger partial charge in [-0.1, -0.05) is 36.8 Å². The molecule has 120 valence electrons. The molecule has 1 fully saturated rings. The Balaban J connectivity index is 1.40. The molecule has 0 saturated heterocycles. The molecule has 2 N–H and O–H groups in total. The first kappa shape index (κ1) is 14.7. The summed E-state index contributed by atoms with van der Waals surface area (Å²) in [6.07, 6.45) is 11.2. The third-order valence-electron chi connectivity index (χ3n) is 4.53. The summed E-state index contributed by atoms with van der Waals surface area (Å²) in [4.78, 5) is 19.9. The van der Waals surface area contributed by atoms with E-state index in [2.05, 4.69) is 25.8 Å². The van der Waals surface area contributed by atoms with Crippen LogP contribution in [0.4, 0.5) is 4.79 Å². The molecule has 2 aliphatic heterocycles. The SMILES string of the molecule is O=C1N=C2C=C(C3=NNC(=NCC4CCCC4)SC3)C=CC2N1. The van der Waals surface area contributed by atoms with E-state index in [1.54, 1.807) is 11.8 Å². The van der Waals surface area contributed by atoms with Crippen molar-refractivity contribution < 1.29 is 4.79 Å². The fraction of sp³-hybridized carbons (Fsp3) is 0.500. The number of hydrogen-bond donors (Lipinski definition) is 2. The van der Waals surface area contributed by atoms with Gasteiger partial charge in [-0.25, -0.2) is 4.79 Å². The van der Waals surface area contributed by atoms with E-state index < -0.39 is 0 Å². The minimum Gasteiger partial charge on any atom is -0.324 e. The summed E-state index contributed by atoms with van der Waals surface area (Å²) in [6.45, 7) is 0.912. The van der Waals surface area contributed by atoms with Crippen molar-refractivity contribution in [2.75, 3.05) is 12.3 Å². The number of amides is 2. The lowest BCUT2D eigenvalue weighted by molar-refractivity contribution is 0.251. The number of hydrogen-bond acceptors (Lipinski definition) is 4. The number of aliphatic imine (C=N–C) groups is 2. The summed E-state index contributed by atoms with van der Waals surface area (Å²) >= 11 is 1.69. The quantitative estimate of drug-likeness (QED) is 0.833. The summed E-state index contributed by atoms with van der Waals surface area (Å²) in [5.41, 5.74) is 5.80. The molecule has 2 aliphatic carbocycles. The molecule has 0 spiro atoms. The van der Waals surface area contributed by atoms with Crippen LogP contribution >= 0.6 is 11.8 Å². The number of amidine groups is 1. The number of carbonyl (C=O) groups excluding carboxylic acids is 1. The van der Waals surface area contributed by atoms with E-state index in [-0.39, 0.29) is 12.1 Å². The topological polar surface area (TPSA) is 78.2 Å². The zero-order valence-corrected chi connectivity index (χ0v) is 13.6. The zero-order valence-electron chi connectivity index (χ0n) is 12.8. The van der Waals surface area contributed by atoms with E-state index >= 15 is 0 Å². The molecule has 4 aliphatic rings. The lowest BCUT2D eigenvalue weighted by Crippen LogP contribution is -2.32. The Kier molecular flexibility index (Phi) is 4.03. The maximum absolute atomic E-state index is 11.3. The second-order valence-corrected chi connectivity index (χ2v) is 7.14. The van der Waals surface area contributed by atoms with Gasteiger partial charge in [0.25, 0.3) is 0 Å². The van der Waals surface area contributed by atoms with Crippen molar-refractivity contribution in [3.63, 3.8) is 0 Å². The Morgan fingerprint density at radius 3 is 3.00 bits per heavy atom. The molecule has 1 unspecified atom stereocenters. The first-order chi connectivity index (χ1) is 11.3. The summed E-state index contributed by atoms with van der Waals surface area (Å²) in [5.74, 6) is 1.54. The lowest BCUT2D eigenvalue weighted by atomic mass is 9.99. The van der Waals surface area contributed by atoms with Crippen molar-refractivity contribution in [2.45, 2.75) is 31.7 Å². The molecule has 0 aromatic heterocycles.